The van der Waals surface area contributed by atoms with E-state index in [1.165, 1.54) is 18.2 Å². The van der Waals surface area contributed by atoms with Crippen LogP contribution in [0.4, 0.5) is 32.4 Å². The van der Waals surface area contributed by atoms with Gasteiger partial charge in [-0.2, -0.15) is 0 Å². The molecule has 128 valence electrons. The van der Waals surface area contributed by atoms with E-state index in [2.05, 4.69) is 15.4 Å². The highest BCUT2D eigenvalue weighted by molar-refractivity contribution is 5.89. The van der Waals surface area contributed by atoms with E-state index >= 15 is 0 Å². The molecule has 0 aliphatic rings. The molecule has 9 heteroatoms. The molecule has 24 heavy (non-hydrogen) atoms. The lowest BCUT2D eigenvalue weighted by Gasteiger charge is -2.14. The summed E-state index contributed by atoms with van der Waals surface area (Å²) >= 11 is 0. The Morgan fingerprint density at radius 3 is 2.50 bits per heavy atom. The highest BCUT2D eigenvalue weighted by Crippen LogP contribution is 2.26. The van der Waals surface area contributed by atoms with Gasteiger partial charge in [0.2, 0.25) is 0 Å². The topological polar surface area (TPSA) is 50.4 Å². The maximum atomic E-state index is 13.4. The fourth-order valence-electron chi connectivity index (χ4n) is 1.81. The van der Waals surface area contributed by atoms with Crippen molar-refractivity contribution in [3.05, 3.63) is 59.7 Å². The average Bonchev–Trinajstić information content (AvgIpc) is 2.48. The molecule has 0 heterocycles. The molecule has 0 bridgehead atoms. The molecule has 0 aliphatic carbocycles. The van der Waals surface area contributed by atoms with Crippen molar-refractivity contribution in [3.8, 4) is 5.75 Å². The van der Waals surface area contributed by atoms with Crippen molar-refractivity contribution in [3.63, 3.8) is 0 Å². The largest absolute Gasteiger partial charge is 0.573 e. The van der Waals surface area contributed by atoms with Crippen LogP contribution in [0.3, 0.4) is 0 Å². The monoisotopic (exact) mass is 346 g/mol. The summed E-state index contributed by atoms with van der Waals surface area (Å²) in [5.41, 5.74) is -0.336. The van der Waals surface area contributed by atoms with E-state index in [9.17, 15) is 26.7 Å². The maximum Gasteiger partial charge on any atom is 0.573 e. The van der Waals surface area contributed by atoms with Crippen molar-refractivity contribution in [2.45, 2.75) is 12.9 Å². The minimum Gasteiger partial charge on any atom is -0.405 e. The van der Waals surface area contributed by atoms with Gasteiger partial charge in [0.1, 0.15) is 17.4 Å². The first-order valence-corrected chi connectivity index (χ1v) is 6.58. The quantitative estimate of drug-likeness (QED) is 0.816. The Bertz CT molecular complexity index is 734. The molecular weight excluding hydrogens is 335 g/mol. The van der Waals surface area contributed by atoms with E-state index in [-0.39, 0.29) is 12.1 Å². The Labute approximate surface area is 133 Å². The van der Waals surface area contributed by atoms with E-state index in [4.69, 9.17) is 0 Å². The number of urea groups is 1. The molecule has 2 amide bonds. The van der Waals surface area contributed by atoms with E-state index in [0.717, 1.165) is 24.3 Å². The van der Waals surface area contributed by atoms with E-state index in [0.29, 0.717) is 0 Å². The van der Waals surface area contributed by atoms with Gasteiger partial charge in [-0.15, -0.1) is 13.2 Å². The van der Waals surface area contributed by atoms with E-state index in [1.807, 2.05) is 0 Å². The summed E-state index contributed by atoms with van der Waals surface area (Å²) in [6, 6.07) is 6.79. The van der Waals surface area contributed by atoms with E-state index < -0.39 is 35.5 Å². The second-order valence-electron chi connectivity index (χ2n) is 4.59. The molecule has 0 saturated carbocycles. The molecule has 0 saturated heterocycles. The van der Waals surface area contributed by atoms with Crippen LogP contribution in [0.1, 0.15) is 5.56 Å². The van der Waals surface area contributed by atoms with Gasteiger partial charge in [-0.25, -0.2) is 13.6 Å². The number of benzene rings is 2. The molecule has 0 aliphatic heterocycles. The summed E-state index contributed by atoms with van der Waals surface area (Å²) in [5, 5.41) is 4.29. The Morgan fingerprint density at radius 2 is 1.79 bits per heavy atom. The second-order valence-corrected chi connectivity index (χ2v) is 4.59. The molecule has 0 aromatic heterocycles. The number of hydrogen-bond donors (Lipinski definition) is 2. The van der Waals surface area contributed by atoms with Crippen LogP contribution in [0.5, 0.6) is 5.75 Å². The minimum absolute atomic E-state index is 0.0599. The van der Waals surface area contributed by atoms with Gasteiger partial charge >= 0.3 is 12.4 Å². The maximum absolute atomic E-state index is 13.4. The third kappa shape index (κ3) is 5.11. The molecule has 0 unspecified atom stereocenters. The van der Waals surface area contributed by atoms with Crippen LogP contribution in [-0.4, -0.2) is 12.4 Å². The third-order valence-corrected chi connectivity index (χ3v) is 2.81. The van der Waals surface area contributed by atoms with Crippen LogP contribution in [0, 0.1) is 11.6 Å². The number of para-hydroxylation sites is 1. The van der Waals surface area contributed by atoms with Gasteiger partial charge in [-0.3, -0.25) is 0 Å². The number of alkyl halides is 3. The number of ether oxygens (including phenoxy) is 1. The average molecular weight is 346 g/mol. The van der Waals surface area contributed by atoms with Gasteiger partial charge in [-0.05, 0) is 18.2 Å². The predicted molar refractivity (Wildman–Crippen MR) is 75.3 cm³/mol. The lowest BCUT2D eigenvalue weighted by Crippen LogP contribution is -2.29. The molecule has 0 spiro atoms. The molecular formula is C15H11F5N2O2. The Hall–Kier alpha value is -2.84. The number of hydrogen-bond acceptors (Lipinski definition) is 2. The zero-order valence-corrected chi connectivity index (χ0v) is 12.0. The number of halogens is 5. The molecule has 2 rings (SSSR count). The summed E-state index contributed by atoms with van der Waals surface area (Å²) in [6.07, 6.45) is -4.87. The van der Waals surface area contributed by atoms with Crippen LogP contribution < -0.4 is 15.4 Å². The van der Waals surface area contributed by atoms with Crippen LogP contribution in [0.2, 0.25) is 0 Å². The second kappa shape index (κ2) is 7.16. The van der Waals surface area contributed by atoms with Crippen LogP contribution in [-0.2, 0) is 6.54 Å². The standard InChI is InChI=1S/C15H11F5N2O2/c16-10-5-6-11(17)12(7-10)22-14(23)21-8-9-3-1-2-4-13(9)24-15(18,19)20/h1-7H,8H2,(H2,21,22,23). The highest BCUT2D eigenvalue weighted by Gasteiger charge is 2.31. The predicted octanol–water partition coefficient (Wildman–Crippen LogP) is 4.19. The van der Waals surface area contributed by atoms with Crippen molar-refractivity contribution in [1.82, 2.24) is 5.32 Å². The van der Waals surface area contributed by atoms with Crippen LogP contribution >= 0.6 is 0 Å². The normalized spacial score (nSPS) is 11.0. The van der Waals surface area contributed by atoms with Gasteiger partial charge in [0.05, 0.1) is 5.69 Å². The molecule has 2 aromatic rings. The summed E-state index contributed by atoms with van der Waals surface area (Å²) in [6.45, 7) is -0.310. The number of carbonyl (C=O) groups is 1. The minimum atomic E-state index is -4.87. The Balaban J connectivity index is 2.01. The molecule has 4 nitrogen and oxygen atoms in total. The van der Waals surface area contributed by atoms with Gasteiger partial charge in [0.15, 0.2) is 0 Å². The fourth-order valence-corrected chi connectivity index (χ4v) is 1.81. The summed E-state index contributed by atoms with van der Waals surface area (Å²) in [4.78, 5) is 11.7. The smallest absolute Gasteiger partial charge is 0.405 e. The van der Waals surface area contributed by atoms with Gasteiger partial charge < -0.3 is 15.4 Å². The molecule has 2 aromatic carbocycles. The summed E-state index contributed by atoms with van der Waals surface area (Å²) in [7, 11) is 0. The van der Waals surface area contributed by atoms with E-state index in [1.54, 1.807) is 0 Å². The van der Waals surface area contributed by atoms with Gasteiger partial charge in [0.25, 0.3) is 0 Å². The summed E-state index contributed by atoms with van der Waals surface area (Å²) in [5.74, 6) is -2.08. The van der Waals surface area contributed by atoms with Gasteiger partial charge in [0, 0.05) is 18.2 Å². The van der Waals surface area contributed by atoms with Crippen molar-refractivity contribution in [2.24, 2.45) is 0 Å². The van der Waals surface area contributed by atoms with Gasteiger partial charge in [-0.1, -0.05) is 18.2 Å². The lowest BCUT2D eigenvalue weighted by atomic mass is 10.2. The van der Waals surface area contributed by atoms with Crippen LogP contribution in [0.25, 0.3) is 0 Å². The first-order chi connectivity index (χ1) is 11.2. The van der Waals surface area contributed by atoms with Crippen molar-refractivity contribution in [2.75, 3.05) is 5.32 Å². The zero-order valence-electron chi connectivity index (χ0n) is 12.0. The third-order valence-electron chi connectivity index (χ3n) is 2.81. The van der Waals surface area contributed by atoms with Crippen molar-refractivity contribution in [1.29, 1.82) is 0 Å². The number of amides is 2. The first kappa shape index (κ1) is 17.5. The van der Waals surface area contributed by atoms with Crippen molar-refractivity contribution < 1.29 is 31.5 Å². The Kier molecular flexibility index (Phi) is 5.22. The Morgan fingerprint density at radius 1 is 1.08 bits per heavy atom. The number of carbonyl (C=O) groups excluding carboxylic acids is 1. The SMILES string of the molecule is O=C(NCc1ccccc1OC(F)(F)F)Nc1cc(F)ccc1F. The number of rotatable bonds is 4. The van der Waals surface area contributed by atoms with Crippen LogP contribution in [0.15, 0.2) is 42.5 Å². The number of nitrogens with one attached hydrogen (secondary N) is 2. The molecule has 2 N–H and O–H groups in total. The highest BCUT2D eigenvalue weighted by atomic mass is 19.4. The molecule has 0 radical (unpaired) electrons. The molecule has 0 atom stereocenters. The first-order valence-electron chi connectivity index (χ1n) is 6.58. The molecule has 0 fully saturated rings. The zero-order chi connectivity index (χ0) is 17.7. The lowest BCUT2D eigenvalue weighted by molar-refractivity contribution is -0.274. The van der Waals surface area contributed by atoms with Crippen molar-refractivity contribution >= 4 is 11.7 Å². The number of anilines is 1. The summed E-state index contributed by atoms with van der Waals surface area (Å²) < 4.78 is 67.1. The fraction of sp³-hybridized carbons (Fsp3) is 0.133.